The number of rotatable bonds is 6. The second kappa shape index (κ2) is 8.04. The standard InChI is InChI=1S/C20H18N2O2/c23-20(18-12-7-13-21-14-18)22-15-24-19(16-8-3-1-4-9-16)17-10-5-2-6-11-17/h1-14,19H,15H2,(H,22,23). The van der Waals surface area contributed by atoms with E-state index in [4.69, 9.17) is 4.74 Å². The molecular formula is C20H18N2O2. The van der Waals surface area contributed by atoms with E-state index in [-0.39, 0.29) is 18.7 Å². The van der Waals surface area contributed by atoms with Crippen LogP contribution < -0.4 is 5.32 Å². The molecule has 4 nitrogen and oxygen atoms in total. The molecule has 1 N–H and O–H groups in total. The van der Waals surface area contributed by atoms with E-state index in [1.54, 1.807) is 18.3 Å². The van der Waals surface area contributed by atoms with E-state index in [1.807, 2.05) is 60.7 Å². The van der Waals surface area contributed by atoms with Gasteiger partial charge in [-0.2, -0.15) is 0 Å². The molecule has 2 aromatic carbocycles. The first-order valence-corrected chi connectivity index (χ1v) is 7.74. The van der Waals surface area contributed by atoms with Crippen LogP contribution in [0.3, 0.4) is 0 Å². The number of amides is 1. The predicted octanol–water partition coefficient (Wildman–Crippen LogP) is 3.58. The molecule has 0 bridgehead atoms. The molecule has 120 valence electrons. The van der Waals surface area contributed by atoms with E-state index in [2.05, 4.69) is 10.3 Å². The maximum atomic E-state index is 12.1. The van der Waals surface area contributed by atoms with Crippen LogP contribution in [0.25, 0.3) is 0 Å². The van der Waals surface area contributed by atoms with Crippen molar-refractivity contribution in [3.05, 3.63) is 102 Å². The number of hydrogen-bond donors (Lipinski definition) is 1. The number of carbonyl (C=O) groups is 1. The zero-order valence-electron chi connectivity index (χ0n) is 13.1. The quantitative estimate of drug-likeness (QED) is 0.707. The maximum absolute atomic E-state index is 12.1. The molecule has 0 aliphatic rings. The van der Waals surface area contributed by atoms with Crippen molar-refractivity contribution in [1.82, 2.24) is 10.3 Å². The van der Waals surface area contributed by atoms with Crippen LogP contribution in [-0.4, -0.2) is 17.6 Å². The van der Waals surface area contributed by atoms with Gasteiger partial charge in [0.25, 0.3) is 5.91 Å². The van der Waals surface area contributed by atoms with Crippen molar-refractivity contribution >= 4 is 5.91 Å². The second-order valence-corrected chi connectivity index (χ2v) is 5.26. The molecule has 3 aromatic rings. The molecule has 0 fully saturated rings. The van der Waals surface area contributed by atoms with Crippen LogP contribution >= 0.6 is 0 Å². The lowest BCUT2D eigenvalue weighted by Gasteiger charge is -2.19. The van der Waals surface area contributed by atoms with Crippen molar-refractivity contribution in [2.75, 3.05) is 6.73 Å². The fourth-order valence-electron chi connectivity index (χ4n) is 2.43. The molecule has 0 spiro atoms. The third-order valence-corrected chi connectivity index (χ3v) is 3.61. The van der Waals surface area contributed by atoms with Crippen molar-refractivity contribution in [2.45, 2.75) is 6.10 Å². The molecule has 4 heteroatoms. The Hall–Kier alpha value is -2.98. The molecule has 1 amide bonds. The molecule has 0 radical (unpaired) electrons. The third kappa shape index (κ3) is 4.06. The molecule has 1 heterocycles. The number of ether oxygens (including phenoxy) is 1. The van der Waals surface area contributed by atoms with E-state index in [0.717, 1.165) is 11.1 Å². The van der Waals surface area contributed by atoms with Crippen LogP contribution in [-0.2, 0) is 4.74 Å². The highest BCUT2D eigenvalue weighted by Crippen LogP contribution is 2.25. The number of aromatic nitrogens is 1. The van der Waals surface area contributed by atoms with E-state index < -0.39 is 0 Å². The minimum atomic E-state index is -0.235. The average Bonchev–Trinajstić information content (AvgIpc) is 2.67. The zero-order valence-corrected chi connectivity index (χ0v) is 13.1. The van der Waals surface area contributed by atoms with Crippen molar-refractivity contribution in [2.24, 2.45) is 0 Å². The maximum Gasteiger partial charge on any atom is 0.254 e. The molecule has 0 aliphatic carbocycles. The second-order valence-electron chi connectivity index (χ2n) is 5.26. The first-order valence-electron chi connectivity index (χ1n) is 7.74. The molecule has 0 unspecified atom stereocenters. The Kier molecular flexibility index (Phi) is 5.32. The number of hydrogen-bond acceptors (Lipinski definition) is 3. The summed E-state index contributed by atoms with van der Waals surface area (Å²) in [6.07, 6.45) is 2.93. The highest BCUT2D eigenvalue weighted by atomic mass is 16.5. The van der Waals surface area contributed by atoms with E-state index in [1.165, 1.54) is 6.20 Å². The van der Waals surface area contributed by atoms with Gasteiger partial charge in [-0.1, -0.05) is 60.7 Å². The Balaban J connectivity index is 1.68. The molecular weight excluding hydrogens is 300 g/mol. The lowest BCUT2D eigenvalue weighted by atomic mass is 10.0. The summed E-state index contributed by atoms with van der Waals surface area (Å²) in [5.74, 6) is -0.206. The van der Waals surface area contributed by atoms with E-state index >= 15 is 0 Å². The lowest BCUT2D eigenvalue weighted by Crippen LogP contribution is -2.27. The molecule has 24 heavy (non-hydrogen) atoms. The van der Waals surface area contributed by atoms with Crippen LogP contribution in [0.15, 0.2) is 85.2 Å². The number of nitrogens with zero attached hydrogens (tertiary/aromatic N) is 1. The van der Waals surface area contributed by atoms with Crippen LogP contribution in [0.1, 0.15) is 27.6 Å². The third-order valence-electron chi connectivity index (χ3n) is 3.61. The van der Waals surface area contributed by atoms with Crippen LogP contribution in [0.5, 0.6) is 0 Å². The molecule has 3 rings (SSSR count). The summed E-state index contributed by atoms with van der Waals surface area (Å²) in [4.78, 5) is 16.0. The Bertz CT molecular complexity index is 722. The van der Waals surface area contributed by atoms with Crippen LogP contribution in [0.2, 0.25) is 0 Å². The minimum Gasteiger partial charge on any atom is -0.349 e. The highest BCUT2D eigenvalue weighted by Gasteiger charge is 2.15. The Morgan fingerprint density at radius 3 is 2.08 bits per heavy atom. The fraction of sp³-hybridized carbons (Fsp3) is 0.100. The zero-order chi connectivity index (χ0) is 16.6. The fourth-order valence-corrected chi connectivity index (χ4v) is 2.43. The number of nitrogens with one attached hydrogen (secondary N) is 1. The molecule has 0 atom stereocenters. The van der Waals surface area contributed by atoms with Gasteiger partial charge in [-0.3, -0.25) is 9.78 Å². The smallest absolute Gasteiger partial charge is 0.254 e. The van der Waals surface area contributed by atoms with Gasteiger partial charge in [0, 0.05) is 12.4 Å². The number of carbonyl (C=O) groups excluding carboxylic acids is 1. The first kappa shape index (κ1) is 15.9. The SMILES string of the molecule is O=C(NCOC(c1ccccc1)c1ccccc1)c1cccnc1. The van der Waals surface area contributed by atoms with Gasteiger partial charge in [-0.15, -0.1) is 0 Å². The number of pyridine rings is 1. The summed E-state index contributed by atoms with van der Waals surface area (Å²) < 4.78 is 5.95. The lowest BCUT2D eigenvalue weighted by molar-refractivity contribution is 0.0564. The summed E-state index contributed by atoms with van der Waals surface area (Å²) in [6.45, 7) is 0.113. The molecule has 0 saturated heterocycles. The molecule has 0 saturated carbocycles. The minimum absolute atomic E-state index is 0.113. The van der Waals surface area contributed by atoms with Crippen molar-refractivity contribution in [1.29, 1.82) is 0 Å². The molecule has 0 aliphatic heterocycles. The topological polar surface area (TPSA) is 51.2 Å². The van der Waals surface area contributed by atoms with Crippen molar-refractivity contribution in [3.8, 4) is 0 Å². The van der Waals surface area contributed by atoms with Gasteiger partial charge in [0.15, 0.2) is 0 Å². The van der Waals surface area contributed by atoms with Gasteiger partial charge in [0.05, 0.1) is 5.56 Å². The summed E-state index contributed by atoms with van der Waals surface area (Å²) in [6, 6.07) is 23.3. The Morgan fingerprint density at radius 2 is 1.54 bits per heavy atom. The van der Waals surface area contributed by atoms with Crippen LogP contribution in [0.4, 0.5) is 0 Å². The van der Waals surface area contributed by atoms with Crippen LogP contribution in [0, 0.1) is 0 Å². The number of benzene rings is 2. The Labute approximate surface area is 141 Å². The van der Waals surface area contributed by atoms with Gasteiger partial charge in [-0.25, -0.2) is 0 Å². The monoisotopic (exact) mass is 318 g/mol. The van der Waals surface area contributed by atoms with E-state index in [9.17, 15) is 4.79 Å². The molecule has 1 aromatic heterocycles. The average molecular weight is 318 g/mol. The van der Waals surface area contributed by atoms with E-state index in [0.29, 0.717) is 5.56 Å². The summed E-state index contributed by atoms with van der Waals surface area (Å²) in [5, 5.41) is 2.77. The summed E-state index contributed by atoms with van der Waals surface area (Å²) in [7, 11) is 0. The summed E-state index contributed by atoms with van der Waals surface area (Å²) >= 11 is 0. The van der Waals surface area contributed by atoms with Gasteiger partial charge in [0.1, 0.15) is 12.8 Å². The normalized spacial score (nSPS) is 10.5. The summed E-state index contributed by atoms with van der Waals surface area (Å²) in [5.41, 5.74) is 2.59. The van der Waals surface area contributed by atoms with Crippen molar-refractivity contribution in [3.63, 3.8) is 0 Å². The Morgan fingerprint density at radius 1 is 0.917 bits per heavy atom. The largest absolute Gasteiger partial charge is 0.349 e. The van der Waals surface area contributed by atoms with Gasteiger partial charge < -0.3 is 10.1 Å². The highest BCUT2D eigenvalue weighted by molar-refractivity contribution is 5.93. The predicted molar refractivity (Wildman–Crippen MR) is 92.4 cm³/mol. The van der Waals surface area contributed by atoms with Gasteiger partial charge in [-0.05, 0) is 23.3 Å². The van der Waals surface area contributed by atoms with Gasteiger partial charge >= 0.3 is 0 Å². The first-order chi connectivity index (χ1) is 11.8. The van der Waals surface area contributed by atoms with Gasteiger partial charge in [0.2, 0.25) is 0 Å². The van der Waals surface area contributed by atoms with Crippen molar-refractivity contribution < 1.29 is 9.53 Å².